The van der Waals surface area contributed by atoms with Gasteiger partial charge in [-0.25, -0.2) is 17.4 Å². The molecule has 0 aliphatic heterocycles. The summed E-state index contributed by atoms with van der Waals surface area (Å²) in [5.41, 5.74) is 3.71. The number of nitrogens with zero attached hydrogens (tertiary/aromatic N) is 2. The minimum absolute atomic E-state index is 0.125. The summed E-state index contributed by atoms with van der Waals surface area (Å²) in [7, 11) is -2.26. The van der Waals surface area contributed by atoms with E-state index < -0.39 is 10.1 Å². The predicted molar refractivity (Wildman–Crippen MR) is 236 cm³/mol. The molecule has 0 saturated heterocycles. The number of aryl methyl sites for hydroxylation is 2. The Morgan fingerprint density at radius 3 is 1.39 bits per heavy atom. The second-order valence-electron chi connectivity index (χ2n) is 15.9. The third-order valence-corrected chi connectivity index (χ3v) is 11.5. The molecular weight excluding hydrogens is 716 g/mol. The number of halogens is 1. The van der Waals surface area contributed by atoms with Crippen molar-refractivity contribution in [3.05, 3.63) is 89.5 Å². The van der Waals surface area contributed by atoms with Gasteiger partial charge in [0.15, 0.2) is 12.4 Å². The molecule has 56 heavy (non-hydrogen) atoms. The Labute approximate surface area is 343 Å². The van der Waals surface area contributed by atoms with Crippen LogP contribution in [0, 0.1) is 12.7 Å². The maximum absolute atomic E-state index is 15.2. The average Bonchev–Trinajstić information content (AvgIpc) is 3.18. The molecule has 0 amide bonds. The maximum Gasteiger partial charge on any atom is 0.169 e. The van der Waals surface area contributed by atoms with Crippen LogP contribution < -0.4 is 9.47 Å². The second-order valence-corrected chi connectivity index (χ2v) is 17.2. The van der Waals surface area contributed by atoms with Crippen molar-refractivity contribution in [3.63, 3.8) is 0 Å². The molecule has 1 heterocycles. The van der Waals surface area contributed by atoms with Crippen molar-refractivity contribution in [3.8, 4) is 0 Å². The van der Waals surface area contributed by atoms with Gasteiger partial charge in [0.2, 0.25) is 0 Å². The fourth-order valence-corrected chi connectivity index (χ4v) is 7.49. The normalized spacial score (nSPS) is 11.5. The van der Waals surface area contributed by atoms with E-state index in [1.807, 2.05) is 61.3 Å². The van der Waals surface area contributed by atoms with E-state index in [4.69, 9.17) is 0 Å². The van der Waals surface area contributed by atoms with Crippen LogP contribution in [0.15, 0.2) is 71.9 Å². The van der Waals surface area contributed by atoms with Gasteiger partial charge in [0, 0.05) is 36.5 Å². The Morgan fingerprint density at radius 2 is 1.00 bits per heavy atom. The topological polar surface area (TPSA) is 64.3 Å². The molecule has 3 aromatic rings. The summed E-state index contributed by atoms with van der Waals surface area (Å²) in [6.45, 7) is 8.47. The molecule has 2 aromatic carbocycles. The van der Waals surface area contributed by atoms with Crippen molar-refractivity contribution in [2.24, 2.45) is 7.05 Å². The third-order valence-electron chi connectivity index (χ3n) is 10.7. The fourth-order valence-electron chi connectivity index (χ4n) is 7.02. The molecule has 0 radical (unpaired) electrons. The van der Waals surface area contributed by atoms with Crippen LogP contribution in [0.3, 0.4) is 0 Å². The lowest BCUT2D eigenvalue weighted by molar-refractivity contribution is -0.671. The van der Waals surface area contributed by atoms with Gasteiger partial charge < -0.3 is 9.45 Å². The van der Waals surface area contributed by atoms with E-state index in [1.165, 1.54) is 166 Å². The number of unbranched alkanes of at least 4 members (excludes halogenated alkanes) is 22. The zero-order valence-electron chi connectivity index (χ0n) is 35.8. The largest absolute Gasteiger partial charge is 0.744 e. The van der Waals surface area contributed by atoms with Gasteiger partial charge in [0.05, 0.1) is 4.90 Å². The lowest BCUT2D eigenvalue weighted by atomic mass is 10.0. The molecule has 0 N–H and O–H groups in total. The highest BCUT2D eigenvalue weighted by molar-refractivity contribution is 7.85. The number of aromatic nitrogens is 1. The first-order valence-electron chi connectivity index (χ1n) is 22.3. The lowest BCUT2D eigenvalue weighted by Crippen LogP contribution is -2.26. The summed E-state index contributed by atoms with van der Waals surface area (Å²) in [6, 6.07) is 15.7. The van der Waals surface area contributed by atoms with Crippen LogP contribution >= 0.6 is 0 Å². The minimum atomic E-state index is -4.27. The third kappa shape index (κ3) is 23.9. The first-order chi connectivity index (χ1) is 27.1. The molecule has 0 atom stereocenters. The summed E-state index contributed by atoms with van der Waals surface area (Å²) in [5, 5.41) is 0. The summed E-state index contributed by atoms with van der Waals surface area (Å²) >= 11 is 0. The zero-order valence-corrected chi connectivity index (χ0v) is 36.6. The summed E-state index contributed by atoms with van der Waals surface area (Å²) in [4.78, 5) is 2.28. The molecule has 0 fully saturated rings. The summed E-state index contributed by atoms with van der Waals surface area (Å²) in [6.07, 6.45) is 40.7. The number of hydrogen-bond donors (Lipinski definition) is 0. The molecule has 7 heteroatoms. The highest BCUT2D eigenvalue weighted by Crippen LogP contribution is 2.23. The van der Waals surface area contributed by atoms with Gasteiger partial charge in [0.1, 0.15) is 23.0 Å². The van der Waals surface area contributed by atoms with Crippen LogP contribution in [0.1, 0.15) is 185 Å². The monoisotopic (exact) mass is 793 g/mol. The number of pyridine rings is 1. The fraction of sp³-hybridized carbons (Fsp3) is 0.612. The average molecular weight is 793 g/mol. The van der Waals surface area contributed by atoms with Crippen LogP contribution in [-0.2, 0) is 17.2 Å². The number of anilines is 1. The predicted octanol–water partition coefficient (Wildman–Crippen LogP) is 13.9. The highest BCUT2D eigenvalue weighted by atomic mass is 32.2. The van der Waals surface area contributed by atoms with Crippen molar-refractivity contribution in [1.29, 1.82) is 0 Å². The zero-order chi connectivity index (χ0) is 40.7. The van der Waals surface area contributed by atoms with E-state index in [0.29, 0.717) is 5.56 Å². The van der Waals surface area contributed by atoms with E-state index in [2.05, 4.69) is 24.8 Å². The Bertz CT molecular complexity index is 1510. The van der Waals surface area contributed by atoms with Crippen molar-refractivity contribution in [2.75, 3.05) is 18.0 Å². The van der Waals surface area contributed by atoms with Crippen LogP contribution in [0.4, 0.5) is 10.1 Å². The molecule has 0 spiro atoms. The quantitative estimate of drug-likeness (QED) is 0.0383. The highest BCUT2D eigenvalue weighted by Gasteiger charge is 2.10. The molecule has 5 nitrogen and oxygen atoms in total. The first-order valence-corrected chi connectivity index (χ1v) is 23.7. The van der Waals surface area contributed by atoms with Crippen molar-refractivity contribution in [1.82, 2.24) is 0 Å². The molecule has 0 bridgehead atoms. The Kier molecular flexibility index (Phi) is 27.2. The van der Waals surface area contributed by atoms with E-state index >= 15 is 4.39 Å². The maximum atomic E-state index is 15.2. The molecule has 0 saturated carbocycles. The number of hydrogen-bond acceptors (Lipinski definition) is 4. The Balaban J connectivity index is 0.000000841. The van der Waals surface area contributed by atoms with E-state index in [-0.39, 0.29) is 10.7 Å². The van der Waals surface area contributed by atoms with Crippen LogP contribution in [0.25, 0.3) is 12.2 Å². The second kappa shape index (κ2) is 31.0. The molecule has 314 valence electrons. The lowest BCUT2D eigenvalue weighted by Gasteiger charge is -2.25. The SMILES string of the molecule is CCCCCCCCCCCCCCN(CCCCCCCCCCCCCC)c1ccc(C=Cc2cc[n+](C)cc2)c(F)c1.Cc1ccc(S(=O)(=O)[O-])cc1. The molecule has 0 aliphatic rings. The summed E-state index contributed by atoms with van der Waals surface area (Å²) in [5.74, 6) is -0.125. The number of benzene rings is 2. The minimum Gasteiger partial charge on any atom is -0.744 e. The van der Waals surface area contributed by atoms with E-state index in [1.54, 1.807) is 18.2 Å². The van der Waals surface area contributed by atoms with E-state index in [9.17, 15) is 13.0 Å². The van der Waals surface area contributed by atoms with Crippen LogP contribution in [-0.4, -0.2) is 26.1 Å². The van der Waals surface area contributed by atoms with Gasteiger partial charge in [-0.2, -0.15) is 0 Å². The Hall–Kier alpha value is -3.03. The molecule has 0 unspecified atom stereocenters. The molecule has 1 aromatic heterocycles. The Morgan fingerprint density at radius 1 is 0.589 bits per heavy atom. The van der Waals surface area contributed by atoms with E-state index in [0.717, 1.165) is 29.9 Å². The van der Waals surface area contributed by atoms with Crippen molar-refractivity contribution < 1.29 is 21.9 Å². The van der Waals surface area contributed by atoms with Gasteiger partial charge in [-0.05, 0) is 55.7 Å². The van der Waals surface area contributed by atoms with Crippen LogP contribution in [0.5, 0.6) is 0 Å². The van der Waals surface area contributed by atoms with Crippen molar-refractivity contribution in [2.45, 2.75) is 180 Å². The molecular formula is C49H77FN2O3S. The van der Waals surface area contributed by atoms with Gasteiger partial charge in [-0.15, -0.1) is 0 Å². The van der Waals surface area contributed by atoms with Crippen LogP contribution in [0.2, 0.25) is 0 Å². The first kappa shape index (κ1) is 49.1. The molecule has 0 aliphatic carbocycles. The standard InChI is InChI=1S/C42H70FN2.C7H8O3S/c1-4-6-8-10-12-14-16-18-20-22-24-26-34-45(35-27-25-23-21-19-17-15-13-11-9-7-5-2)41-31-30-40(42(43)38-41)29-28-39-32-36-44(3)37-33-39;1-6-2-4-7(5-3-6)11(8,9)10/h28-33,36-38H,4-27,34-35H2,1-3H3;2-5H,1H3,(H,8,9,10)/q+1;/p-1. The van der Waals surface area contributed by atoms with Gasteiger partial charge in [-0.3, -0.25) is 0 Å². The number of rotatable bonds is 30. The summed E-state index contributed by atoms with van der Waals surface area (Å²) < 4.78 is 48.4. The van der Waals surface area contributed by atoms with Gasteiger partial charge >= 0.3 is 0 Å². The van der Waals surface area contributed by atoms with Gasteiger partial charge in [0.25, 0.3) is 0 Å². The molecule has 3 rings (SSSR count). The van der Waals surface area contributed by atoms with Crippen molar-refractivity contribution >= 4 is 28.0 Å². The smallest absolute Gasteiger partial charge is 0.169 e. The van der Waals surface area contributed by atoms with Gasteiger partial charge in [-0.1, -0.05) is 185 Å².